The summed E-state index contributed by atoms with van der Waals surface area (Å²) in [4.78, 5) is 29.9. The van der Waals surface area contributed by atoms with Crippen LogP contribution < -0.4 is 24.8 Å². The molecule has 0 saturated heterocycles. The van der Waals surface area contributed by atoms with Gasteiger partial charge in [-0.3, -0.25) is 14.9 Å². The van der Waals surface area contributed by atoms with Gasteiger partial charge in [0.1, 0.15) is 0 Å². The average Bonchev–Trinajstić information content (AvgIpc) is 3.42. The minimum Gasteiger partial charge on any atom is -0.493 e. The first-order valence-electron chi connectivity index (χ1n) is 9.81. The molecule has 0 unspecified atom stereocenters. The van der Waals surface area contributed by atoms with E-state index >= 15 is 0 Å². The fraction of sp³-hybridized carbons (Fsp3) is 0.182. The first-order valence-corrected chi connectivity index (χ1v) is 10.7. The van der Waals surface area contributed by atoms with Gasteiger partial charge in [-0.05, 0) is 12.1 Å². The van der Waals surface area contributed by atoms with Crippen LogP contribution in [0, 0.1) is 0 Å². The topological polar surface area (TPSA) is 116 Å². The zero-order valence-corrected chi connectivity index (χ0v) is 18.9. The van der Waals surface area contributed by atoms with Crippen molar-refractivity contribution in [2.75, 3.05) is 33.2 Å². The number of thiazole rings is 1. The highest BCUT2D eigenvalue weighted by atomic mass is 32.1. The van der Waals surface area contributed by atoms with Crippen molar-refractivity contribution in [1.82, 2.24) is 19.9 Å². The third kappa shape index (κ3) is 4.58. The largest absolute Gasteiger partial charge is 0.493 e. The Morgan fingerprint density at radius 1 is 1.03 bits per heavy atom. The molecule has 2 aromatic heterocycles. The van der Waals surface area contributed by atoms with E-state index in [1.807, 2.05) is 35.7 Å². The summed E-state index contributed by atoms with van der Waals surface area (Å²) in [6, 6.07) is 12.8. The normalized spacial score (nSPS) is 10.6. The molecule has 170 valence electrons. The second-order valence-corrected chi connectivity index (χ2v) is 7.60. The number of nitrogens with zero attached hydrogens (tertiary/aromatic N) is 3. The number of hydrogen-bond acceptors (Lipinski definition) is 8. The van der Waals surface area contributed by atoms with Crippen molar-refractivity contribution in [3.8, 4) is 28.5 Å². The molecule has 0 spiro atoms. The quantitative estimate of drug-likeness (QED) is 0.409. The lowest BCUT2D eigenvalue weighted by Crippen LogP contribution is -2.33. The zero-order chi connectivity index (χ0) is 23.4. The second-order valence-electron chi connectivity index (χ2n) is 6.76. The molecule has 0 fully saturated rings. The number of aromatic nitrogens is 3. The van der Waals surface area contributed by atoms with Crippen LogP contribution in [-0.2, 0) is 4.79 Å². The van der Waals surface area contributed by atoms with Crippen molar-refractivity contribution in [2.45, 2.75) is 0 Å². The van der Waals surface area contributed by atoms with Gasteiger partial charge >= 0.3 is 0 Å². The molecule has 0 aliphatic carbocycles. The molecule has 0 aliphatic heterocycles. The van der Waals surface area contributed by atoms with Crippen LogP contribution in [0.15, 0.2) is 47.8 Å². The molecule has 0 aliphatic rings. The molecular weight excluding hydrogens is 446 g/mol. The number of carbonyl (C=O) groups excluding carboxylic acids is 2. The van der Waals surface area contributed by atoms with Crippen molar-refractivity contribution >= 4 is 34.1 Å². The molecular formula is C22H21N5O5S. The lowest BCUT2D eigenvalue weighted by molar-refractivity contribution is -0.115. The van der Waals surface area contributed by atoms with E-state index in [-0.39, 0.29) is 18.1 Å². The van der Waals surface area contributed by atoms with Crippen LogP contribution in [0.2, 0.25) is 0 Å². The molecule has 2 aromatic carbocycles. The van der Waals surface area contributed by atoms with Gasteiger partial charge in [-0.25, -0.2) is 4.52 Å². The molecule has 4 aromatic rings. The molecule has 4 rings (SSSR count). The highest BCUT2D eigenvalue weighted by molar-refractivity contribution is 7.15. The van der Waals surface area contributed by atoms with Gasteiger partial charge in [-0.1, -0.05) is 30.3 Å². The maximum absolute atomic E-state index is 12.6. The molecule has 11 heteroatoms. The highest BCUT2D eigenvalue weighted by Gasteiger charge is 2.18. The van der Waals surface area contributed by atoms with Crippen molar-refractivity contribution < 1.29 is 23.8 Å². The molecule has 2 amide bonds. The summed E-state index contributed by atoms with van der Waals surface area (Å²) in [5.74, 6) is 0.261. The summed E-state index contributed by atoms with van der Waals surface area (Å²) >= 11 is 1.42. The van der Waals surface area contributed by atoms with Crippen molar-refractivity contribution in [3.05, 3.63) is 53.4 Å². The number of benzene rings is 2. The van der Waals surface area contributed by atoms with Crippen LogP contribution >= 0.6 is 11.3 Å². The predicted octanol–water partition coefficient (Wildman–Crippen LogP) is 2.85. The predicted molar refractivity (Wildman–Crippen MR) is 123 cm³/mol. The Morgan fingerprint density at radius 2 is 1.73 bits per heavy atom. The van der Waals surface area contributed by atoms with Gasteiger partial charge in [0.05, 0.1) is 33.6 Å². The number of fused-ring (bicyclic) bond motifs is 1. The van der Waals surface area contributed by atoms with Gasteiger partial charge < -0.3 is 19.5 Å². The average molecular weight is 468 g/mol. The lowest BCUT2D eigenvalue weighted by Gasteiger charge is -2.14. The van der Waals surface area contributed by atoms with Crippen LogP contribution in [0.4, 0.5) is 5.95 Å². The number of carbonyl (C=O) groups is 2. The zero-order valence-electron chi connectivity index (χ0n) is 18.1. The van der Waals surface area contributed by atoms with Crippen LogP contribution in [0.3, 0.4) is 0 Å². The molecule has 0 radical (unpaired) electrons. The maximum Gasteiger partial charge on any atom is 0.251 e. The molecule has 2 N–H and O–H groups in total. The fourth-order valence-corrected chi connectivity index (χ4v) is 4.02. The van der Waals surface area contributed by atoms with Crippen molar-refractivity contribution in [1.29, 1.82) is 0 Å². The van der Waals surface area contributed by atoms with Crippen molar-refractivity contribution in [3.63, 3.8) is 0 Å². The molecule has 33 heavy (non-hydrogen) atoms. The Kier molecular flexibility index (Phi) is 6.41. The van der Waals surface area contributed by atoms with Crippen LogP contribution in [-0.4, -0.2) is 54.3 Å². The van der Waals surface area contributed by atoms with Crippen molar-refractivity contribution in [2.24, 2.45) is 0 Å². The number of hydrogen-bond donors (Lipinski definition) is 2. The number of anilines is 1. The molecule has 10 nitrogen and oxygen atoms in total. The number of rotatable bonds is 8. The Labute approximate surface area is 193 Å². The van der Waals surface area contributed by atoms with E-state index in [9.17, 15) is 9.59 Å². The molecule has 0 bridgehead atoms. The van der Waals surface area contributed by atoms with Crippen LogP contribution in [0.25, 0.3) is 16.2 Å². The minimum absolute atomic E-state index is 0.158. The summed E-state index contributed by atoms with van der Waals surface area (Å²) in [6.45, 7) is -0.270. The third-order valence-corrected chi connectivity index (χ3v) is 5.55. The summed E-state index contributed by atoms with van der Waals surface area (Å²) in [7, 11) is 4.39. The third-order valence-electron chi connectivity index (χ3n) is 4.74. The summed E-state index contributed by atoms with van der Waals surface area (Å²) < 4.78 is 17.4. The number of methoxy groups -OCH3 is 3. The summed E-state index contributed by atoms with van der Waals surface area (Å²) in [6.07, 6.45) is 0. The van der Waals surface area contributed by atoms with E-state index in [4.69, 9.17) is 14.2 Å². The summed E-state index contributed by atoms with van der Waals surface area (Å²) in [5, 5.41) is 11.5. The SMILES string of the molecule is COc1cc(C(=O)NCC(=O)Nc2nc3scc(-c4ccccc4)n3n2)cc(OC)c1OC. The monoisotopic (exact) mass is 467 g/mol. The molecule has 0 atom stereocenters. The minimum atomic E-state index is -0.477. The van der Waals surface area contributed by atoms with E-state index in [2.05, 4.69) is 20.7 Å². The van der Waals surface area contributed by atoms with E-state index < -0.39 is 11.8 Å². The van der Waals surface area contributed by atoms with Gasteiger partial charge in [-0.2, -0.15) is 4.98 Å². The highest BCUT2D eigenvalue weighted by Crippen LogP contribution is 2.38. The van der Waals surface area contributed by atoms with Crippen LogP contribution in [0.5, 0.6) is 17.2 Å². The number of amides is 2. The Hall–Kier alpha value is -4.12. The molecule has 0 saturated carbocycles. The van der Waals surface area contributed by atoms with Gasteiger partial charge in [0.15, 0.2) is 11.5 Å². The van der Waals surface area contributed by atoms with E-state index in [1.165, 1.54) is 44.8 Å². The van der Waals surface area contributed by atoms with E-state index in [0.29, 0.717) is 22.2 Å². The fourth-order valence-electron chi connectivity index (χ4n) is 3.19. The second kappa shape index (κ2) is 9.57. The van der Waals surface area contributed by atoms with Gasteiger partial charge in [0.25, 0.3) is 11.9 Å². The van der Waals surface area contributed by atoms with Crippen LogP contribution in [0.1, 0.15) is 10.4 Å². The number of ether oxygens (including phenoxy) is 3. The van der Waals surface area contributed by atoms with Gasteiger partial charge in [0, 0.05) is 16.5 Å². The van der Waals surface area contributed by atoms with E-state index in [0.717, 1.165) is 11.3 Å². The molecule has 2 heterocycles. The smallest absolute Gasteiger partial charge is 0.251 e. The Bertz CT molecular complexity index is 1280. The van der Waals surface area contributed by atoms with Gasteiger partial charge in [0.2, 0.25) is 16.6 Å². The standard InChI is InChI=1S/C22H21N5O5S/c1-30-16-9-14(10-17(31-2)19(16)32-3)20(29)23-11-18(28)24-21-25-22-27(26-21)15(12-33-22)13-7-5-4-6-8-13/h4-10,12H,11H2,1-3H3,(H,23,29)(H,24,26,28). The number of nitrogens with one attached hydrogen (secondary N) is 2. The maximum atomic E-state index is 12.6. The first-order chi connectivity index (χ1) is 16.0. The van der Waals surface area contributed by atoms with E-state index in [1.54, 1.807) is 4.52 Å². The Morgan fingerprint density at radius 3 is 2.36 bits per heavy atom. The summed E-state index contributed by atoms with van der Waals surface area (Å²) in [5.41, 5.74) is 2.12. The Balaban J connectivity index is 1.42. The first kappa shape index (κ1) is 22.1. The lowest BCUT2D eigenvalue weighted by atomic mass is 10.1. The van der Waals surface area contributed by atoms with Gasteiger partial charge in [-0.15, -0.1) is 16.4 Å².